The Bertz CT molecular complexity index is 132. The molecule has 0 saturated carbocycles. The molecule has 11 heavy (non-hydrogen) atoms. The molecule has 0 spiro atoms. The number of rotatable bonds is 4. The number of aliphatic imine (C=N–C) groups is 1. The SMILES string of the molecule is CCN=CC(O)(CC)C(C)C. The van der Waals surface area contributed by atoms with Crippen molar-refractivity contribution in [1.82, 2.24) is 0 Å². The molecule has 1 atom stereocenters. The molecule has 0 aromatic rings. The second-order valence-corrected chi connectivity index (χ2v) is 3.13. The lowest BCUT2D eigenvalue weighted by atomic mass is 9.89. The lowest BCUT2D eigenvalue weighted by molar-refractivity contribution is 0.0646. The number of hydrogen-bond donors (Lipinski definition) is 1. The van der Waals surface area contributed by atoms with Crippen molar-refractivity contribution in [2.24, 2.45) is 10.9 Å². The molecular weight excluding hydrogens is 138 g/mol. The third-order valence-corrected chi connectivity index (χ3v) is 2.06. The summed E-state index contributed by atoms with van der Waals surface area (Å²) in [5.74, 6) is 0.239. The van der Waals surface area contributed by atoms with Gasteiger partial charge < -0.3 is 5.11 Å². The normalized spacial score (nSPS) is 17.6. The van der Waals surface area contributed by atoms with Gasteiger partial charge in [-0.3, -0.25) is 4.99 Å². The van der Waals surface area contributed by atoms with Gasteiger partial charge in [0.15, 0.2) is 0 Å². The summed E-state index contributed by atoms with van der Waals surface area (Å²) in [5.41, 5.74) is -0.698. The maximum absolute atomic E-state index is 9.88. The fourth-order valence-corrected chi connectivity index (χ4v) is 0.898. The van der Waals surface area contributed by atoms with Crippen molar-refractivity contribution < 1.29 is 5.11 Å². The van der Waals surface area contributed by atoms with Crippen molar-refractivity contribution >= 4 is 6.21 Å². The van der Waals surface area contributed by atoms with E-state index >= 15 is 0 Å². The van der Waals surface area contributed by atoms with E-state index in [4.69, 9.17) is 0 Å². The van der Waals surface area contributed by atoms with Crippen molar-refractivity contribution in [3.8, 4) is 0 Å². The van der Waals surface area contributed by atoms with E-state index in [1.165, 1.54) is 0 Å². The van der Waals surface area contributed by atoms with Gasteiger partial charge in [0.05, 0.1) is 0 Å². The Morgan fingerprint density at radius 1 is 1.45 bits per heavy atom. The van der Waals surface area contributed by atoms with E-state index < -0.39 is 5.60 Å². The van der Waals surface area contributed by atoms with Crippen LogP contribution >= 0.6 is 0 Å². The summed E-state index contributed by atoms with van der Waals surface area (Å²) in [4.78, 5) is 4.06. The zero-order chi connectivity index (χ0) is 8.91. The van der Waals surface area contributed by atoms with E-state index in [2.05, 4.69) is 4.99 Å². The van der Waals surface area contributed by atoms with Gasteiger partial charge >= 0.3 is 0 Å². The van der Waals surface area contributed by atoms with Crippen molar-refractivity contribution in [2.75, 3.05) is 6.54 Å². The van der Waals surface area contributed by atoms with Gasteiger partial charge in [0.25, 0.3) is 0 Å². The lowest BCUT2D eigenvalue weighted by Gasteiger charge is -2.26. The van der Waals surface area contributed by atoms with Crippen LogP contribution in [0.4, 0.5) is 0 Å². The van der Waals surface area contributed by atoms with Crippen molar-refractivity contribution in [3.63, 3.8) is 0 Å². The minimum atomic E-state index is -0.698. The molecule has 0 bridgehead atoms. The molecule has 2 nitrogen and oxygen atoms in total. The highest BCUT2D eigenvalue weighted by Crippen LogP contribution is 2.18. The predicted molar refractivity (Wildman–Crippen MR) is 49.1 cm³/mol. The van der Waals surface area contributed by atoms with Crippen LogP contribution in [0.3, 0.4) is 0 Å². The molecule has 0 fully saturated rings. The third-order valence-electron chi connectivity index (χ3n) is 2.06. The van der Waals surface area contributed by atoms with Crippen LogP contribution in [-0.2, 0) is 0 Å². The van der Waals surface area contributed by atoms with Crippen molar-refractivity contribution in [1.29, 1.82) is 0 Å². The Hall–Kier alpha value is -0.370. The lowest BCUT2D eigenvalue weighted by Crippen LogP contribution is -2.35. The minimum absolute atomic E-state index is 0.239. The summed E-state index contributed by atoms with van der Waals surface area (Å²) >= 11 is 0. The molecule has 0 aliphatic rings. The second kappa shape index (κ2) is 4.50. The van der Waals surface area contributed by atoms with E-state index in [1.807, 2.05) is 27.7 Å². The molecule has 1 N–H and O–H groups in total. The van der Waals surface area contributed by atoms with Crippen LogP contribution in [-0.4, -0.2) is 23.5 Å². The molecule has 0 aromatic carbocycles. The molecule has 0 amide bonds. The maximum Gasteiger partial charge on any atom is 0.101 e. The van der Waals surface area contributed by atoms with Crippen molar-refractivity contribution in [2.45, 2.75) is 39.7 Å². The Balaban J connectivity index is 4.21. The Labute approximate surface area is 69.3 Å². The summed E-state index contributed by atoms with van der Waals surface area (Å²) in [6, 6.07) is 0. The summed E-state index contributed by atoms with van der Waals surface area (Å²) < 4.78 is 0. The van der Waals surface area contributed by atoms with Gasteiger partial charge in [-0.25, -0.2) is 0 Å². The van der Waals surface area contributed by atoms with Crippen LogP contribution in [0.15, 0.2) is 4.99 Å². The van der Waals surface area contributed by atoms with E-state index in [1.54, 1.807) is 6.21 Å². The molecule has 0 aliphatic heterocycles. The van der Waals surface area contributed by atoms with Crippen LogP contribution < -0.4 is 0 Å². The largest absolute Gasteiger partial charge is 0.384 e. The van der Waals surface area contributed by atoms with Crippen LogP contribution in [0, 0.1) is 5.92 Å². The van der Waals surface area contributed by atoms with Gasteiger partial charge in [-0.15, -0.1) is 0 Å². The van der Waals surface area contributed by atoms with Gasteiger partial charge in [0.1, 0.15) is 5.60 Å². The highest BCUT2D eigenvalue weighted by molar-refractivity contribution is 5.68. The summed E-state index contributed by atoms with van der Waals surface area (Å²) in [6.07, 6.45) is 2.41. The average Bonchev–Trinajstić information content (AvgIpc) is 2.00. The van der Waals surface area contributed by atoms with Crippen LogP contribution in [0.2, 0.25) is 0 Å². The monoisotopic (exact) mass is 157 g/mol. The Morgan fingerprint density at radius 3 is 2.27 bits per heavy atom. The zero-order valence-electron chi connectivity index (χ0n) is 7.96. The molecule has 66 valence electrons. The molecule has 1 unspecified atom stereocenters. The van der Waals surface area contributed by atoms with Gasteiger partial charge in [0, 0.05) is 12.8 Å². The topological polar surface area (TPSA) is 32.6 Å². The number of hydrogen-bond acceptors (Lipinski definition) is 2. The summed E-state index contributed by atoms with van der Waals surface area (Å²) in [7, 11) is 0. The first-order valence-electron chi connectivity index (χ1n) is 4.30. The molecule has 0 aliphatic carbocycles. The van der Waals surface area contributed by atoms with Gasteiger partial charge in [-0.05, 0) is 19.3 Å². The Kier molecular flexibility index (Phi) is 4.34. The summed E-state index contributed by atoms with van der Waals surface area (Å²) in [5, 5.41) is 9.88. The molecule has 2 heteroatoms. The fraction of sp³-hybridized carbons (Fsp3) is 0.889. The first kappa shape index (κ1) is 10.6. The van der Waals surface area contributed by atoms with E-state index in [9.17, 15) is 5.11 Å². The fourth-order valence-electron chi connectivity index (χ4n) is 0.898. The molecule has 0 heterocycles. The van der Waals surface area contributed by atoms with Gasteiger partial charge in [-0.2, -0.15) is 0 Å². The van der Waals surface area contributed by atoms with Crippen LogP contribution in [0.25, 0.3) is 0 Å². The predicted octanol–water partition coefficient (Wildman–Crippen LogP) is 1.87. The Morgan fingerprint density at radius 2 is 2.00 bits per heavy atom. The smallest absolute Gasteiger partial charge is 0.101 e. The van der Waals surface area contributed by atoms with E-state index in [-0.39, 0.29) is 5.92 Å². The standard InChI is InChI=1S/C9H19NO/c1-5-9(11,8(3)4)7-10-6-2/h7-8,11H,5-6H2,1-4H3. The van der Waals surface area contributed by atoms with E-state index in [0.29, 0.717) is 0 Å². The number of nitrogens with zero attached hydrogens (tertiary/aromatic N) is 1. The number of aliphatic hydroxyl groups is 1. The zero-order valence-corrected chi connectivity index (χ0v) is 7.96. The van der Waals surface area contributed by atoms with Crippen molar-refractivity contribution in [3.05, 3.63) is 0 Å². The molecule has 0 saturated heterocycles. The third kappa shape index (κ3) is 3.02. The molecule has 0 aromatic heterocycles. The first-order valence-corrected chi connectivity index (χ1v) is 4.30. The average molecular weight is 157 g/mol. The second-order valence-electron chi connectivity index (χ2n) is 3.13. The van der Waals surface area contributed by atoms with Crippen LogP contribution in [0.1, 0.15) is 34.1 Å². The molecule has 0 rings (SSSR count). The molecular formula is C9H19NO. The quantitative estimate of drug-likeness (QED) is 0.621. The van der Waals surface area contributed by atoms with Crippen LogP contribution in [0.5, 0.6) is 0 Å². The highest BCUT2D eigenvalue weighted by Gasteiger charge is 2.25. The summed E-state index contributed by atoms with van der Waals surface area (Å²) in [6.45, 7) is 8.69. The van der Waals surface area contributed by atoms with Gasteiger partial charge in [0.2, 0.25) is 0 Å². The highest BCUT2D eigenvalue weighted by atomic mass is 16.3. The molecule has 0 radical (unpaired) electrons. The van der Waals surface area contributed by atoms with E-state index in [0.717, 1.165) is 13.0 Å². The minimum Gasteiger partial charge on any atom is -0.384 e. The maximum atomic E-state index is 9.88. The first-order chi connectivity index (χ1) is 5.06. The van der Waals surface area contributed by atoms with Gasteiger partial charge in [-0.1, -0.05) is 20.8 Å².